The topological polar surface area (TPSA) is 69.1 Å². The Bertz CT molecular complexity index is 242. The summed E-state index contributed by atoms with van der Waals surface area (Å²) in [6.45, 7) is 2.27. The van der Waals surface area contributed by atoms with Crippen molar-refractivity contribution >= 4 is 6.29 Å². The molecule has 0 aromatic heterocycles. The number of rotatable bonds is 17. The lowest BCUT2D eigenvalue weighted by molar-refractivity contribution is -0.112. The summed E-state index contributed by atoms with van der Waals surface area (Å²) in [7, 11) is 0. The van der Waals surface area contributed by atoms with Crippen molar-refractivity contribution < 1.29 is 4.79 Å². The zero-order valence-electron chi connectivity index (χ0n) is 15.0. The first kappa shape index (κ1) is 21.6. The maximum absolute atomic E-state index is 10.6. The van der Waals surface area contributed by atoms with Crippen molar-refractivity contribution in [2.75, 3.05) is 0 Å². The summed E-state index contributed by atoms with van der Waals surface area (Å²) in [6, 6.07) is 0. The summed E-state index contributed by atoms with van der Waals surface area (Å²) in [6.07, 6.45) is 21.4. The van der Waals surface area contributed by atoms with Gasteiger partial charge in [-0.1, -0.05) is 96.8 Å². The maximum Gasteiger partial charge on any atom is 0.154 e. The minimum Gasteiger partial charge on any atom is -0.307 e. The molecule has 0 spiro atoms. The molecule has 0 aliphatic heterocycles. The van der Waals surface area contributed by atoms with Gasteiger partial charge in [-0.2, -0.15) is 0 Å². The minimum absolute atomic E-state index is 0.606. The largest absolute Gasteiger partial charge is 0.307 e. The predicted molar refractivity (Wildman–Crippen MR) is 96.7 cm³/mol. The summed E-state index contributed by atoms with van der Waals surface area (Å²) in [4.78, 5) is 10.6. The van der Waals surface area contributed by atoms with Crippen LogP contribution in [0.3, 0.4) is 0 Å². The third-order valence-corrected chi connectivity index (χ3v) is 4.43. The van der Waals surface area contributed by atoms with Crippen molar-refractivity contribution in [2.45, 2.75) is 115 Å². The molecule has 0 fully saturated rings. The molecule has 132 valence electrons. The van der Waals surface area contributed by atoms with Crippen molar-refractivity contribution in [2.24, 2.45) is 11.5 Å². The van der Waals surface area contributed by atoms with Crippen LogP contribution in [0.5, 0.6) is 0 Å². The number of aldehydes is 1. The summed E-state index contributed by atoms with van der Waals surface area (Å²) in [5.41, 5.74) is 10.1. The Morgan fingerprint density at radius 2 is 0.955 bits per heavy atom. The zero-order chi connectivity index (χ0) is 16.5. The molecule has 0 bridgehead atoms. The average molecular weight is 313 g/mol. The Hall–Kier alpha value is -0.410. The van der Waals surface area contributed by atoms with Gasteiger partial charge >= 0.3 is 0 Å². The lowest BCUT2D eigenvalue weighted by Gasteiger charge is -2.16. The van der Waals surface area contributed by atoms with E-state index in [0.29, 0.717) is 12.7 Å². The van der Waals surface area contributed by atoms with Crippen LogP contribution in [0.25, 0.3) is 0 Å². The minimum atomic E-state index is -1.10. The molecule has 0 heterocycles. The van der Waals surface area contributed by atoms with Gasteiger partial charge in [0.2, 0.25) is 0 Å². The highest BCUT2D eigenvalue weighted by atomic mass is 16.1. The van der Waals surface area contributed by atoms with E-state index in [2.05, 4.69) is 6.92 Å². The van der Waals surface area contributed by atoms with Crippen LogP contribution in [0, 0.1) is 0 Å². The number of hydrogen-bond donors (Lipinski definition) is 2. The molecule has 0 amide bonds. The molecular weight excluding hydrogens is 272 g/mol. The van der Waals surface area contributed by atoms with E-state index in [1.807, 2.05) is 0 Å². The number of hydrogen-bond acceptors (Lipinski definition) is 3. The van der Waals surface area contributed by atoms with Crippen LogP contribution in [0.15, 0.2) is 0 Å². The Kier molecular flexibility index (Phi) is 15.2. The zero-order valence-corrected chi connectivity index (χ0v) is 15.0. The van der Waals surface area contributed by atoms with Crippen LogP contribution in [-0.2, 0) is 4.79 Å². The molecule has 0 rings (SSSR count). The molecule has 0 aliphatic carbocycles. The van der Waals surface area contributed by atoms with Crippen LogP contribution in [0.1, 0.15) is 110 Å². The van der Waals surface area contributed by atoms with Gasteiger partial charge in [-0.05, 0) is 12.8 Å². The second kappa shape index (κ2) is 15.5. The first-order valence-electron chi connectivity index (χ1n) is 9.66. The summed E-state index contributed by atoms with van der Waals surface area (Å²) < 4.78 is 0. The second-order valence-electron chi connectivity index (χ2n) is 6.93. The molecule has 0 aliphatic rings. The quantitative estimate of drug-likeness (QED) is 0.224. The van der Waals surface area contributed by atoms with Crippen molar-refractivity contribution in [1.29, 1.82) is 0 Å². The van der Waals surface area contributed by atoms with Gasteiger partial charge in [-0.25, -0.2) is 0 Å². The van der Waals surface area contributed by atoms with E-state index in [1.165, 1.54) is 83.5 Å². The monoisotopic (exact) mass is 312 g/mol. The van der Waals surface area contributed by atoms with Gasteiger partial charge in [0, 0.05) is 0 Å². The molecule has 3 nitrogen and oxygen atoms in total. The smallest absolute Gasteiger partial charge is 0.154 e. The number of nitrogens with two attached hydrogens (primary N) is 2. The maximum atomic E-state index is 10.6. The highest BCUT2D eigenvalue weighted by Gasteiger charge is 2.15. The molecule has 3 heteroatoms. The van der Waals surface area contributed by atoms with E-state index in [0.717, 1.165) is 12.8 Å². The predicted octanol–water partition coefficient (Wildman–Crippen LogP) is 5.06. The van der Waals surface area contributed by atoms with Crippen molar-refractivity contribution in [3.63, 3.8) is 0 Å². The standard InChI is InChI=1S/C19H40N2O/c1-2-3-4-5-6-7-8-9-10-11-12-13-14-15-16-17-19(20,21)18-22/h18H,2-17,20-21H2,1H3. The SMILES string of the molecule is CCCCCCCCCCCCCCCCCC(N)(N)C=O. The van der Waals surface area contributed by atoms with E-state index in [9.17, 15) is 4.79 Å². The normalized spacial score (nSPS) is 11.8. The van der Waals surface area contributed by atoms with Crippen molar-refractivity contribution in [3.8, 4) is 0 Å². The molecule has 4 N–H and O–H groups in total. The van der Waals surface area contributed by atoms with Gasteiger partial charge < -0.3 is 11.5 Å². The van der Waals surface area contributed by atoms with E-state index < -0.39 is 5.66 Å². The third-order valence-electron chi connectivity index (χ3n) is 4.43. The lowest BCUT2D eigenvalue weighted by Crippen LogP contribution is -2.50. The fourth-order valence-corrected chi connectivity index (χ4v) is 2.86. The van der Waals surface area contributed by atoms with Crippen LogP contribution < -0.4 is 11.5 Å². The fraction of sp³-hybridized carbons (Fsp3) is 0.947. The Morgan fingerprint density at radius 3 is 1.27 bits per heavy atom. The molecular formula is C19H40N2O. The van der Waals surface area contributed by atoms with E-state index in [1.54, 1.807) is 0 Å². The van der Waals surface area contributed by atoms with Crippen LogP contribution in [0.2, 0.25) is 0 Å². The van der Waals surface area contributed by atoms with Gasteiger partial charge in [0.1, 0.15) is 5.66 Å². The highest BCUT2D eigenvalue weighted by molar-refractivity contribution is 5.62. The fourth-order valence-electron chi connectivity index (χ4n) is 2.86. The summed E-state index contributed by atoms with van der Waals surface area (Å²) in [5, 5.41) is 0. The molecule has 0 saturated carbocycles. The number of unbranched alkanes of at least 4 members (excludes halogenated alkanes) is 14. The van der Waals surface area contributed by atoms with Gasteiger partial charge in [0.05, 0.1) is 0 Å². The Balaban J connectivity index is 3.07. The average Bonchev–Trinajstić information content (AvgIpc) is 2.51. The molecule has 0 unspecified atom stereocenters. The highest BCUT2D eigenvalue weighted by Crippen LogP contribution is 2.14. The number of carbonyl (C=O) groups excluding carboxylic acids is 1. The van der Waals surface area contributed by atoms with Crippen LogP contribution >= 0.6 is 0 Å². The lowest BCUT2D eigenvalue weighted by atomic mass is 10.0. The molecule has 0 aromatic carbocycles. The molecule has 22 heavy (non-hydrogen) atoms. The van der Waals surface area contributed by atoms with E-state index >= 15 is 0 Å². The van der Waals surface area contributed by atoms with Crippen molar-refractivity contribution in [1.82, 2.24) is 0 Å². The van der Waals surface area contributed by atoms with Crippen molar-refractivity contribution in [3.05, 3.63) is 0 Å². The first-order chi connectivity index (χ1) is 10.6. The third kappa shape index (κ3) is 16.0. The summed E-state index contributed by atoms with van der Waals surface area (Å²) >= 11 is 0. The molecule has 0 aromatic rings. The van der Waals surface area contributed by atoms with Crippen LogP contribution in [0.4, 0.5) is 0 Å². The second-order valence-corrected chi connectivity index (χ2v) is 6.93. The Morgan fingerprint density at radius 1 is 0.636 bits per heavy atom. The molecule has 0 radical (unpaired) electrons. The van der Waals surface area contributed by atoms with Gasteiger partial charge in [0.15, 0.2) is 6.29 Å². The number of carbonyl (C=O) groups is 1. The Labute approximate surface area is 138 Å². The van der Waals surface area contributed by atoms with E-state index in [-0.39, 0.29) is 0 Å². The molecule has 0 saturated heterocycles. The van der Waals surface area contributed by atoms with Gasteiger partial charge in [-0.3, -0.25) is 4.79 Å². The molecule has 0 atom stereocenters. The first-order valence-corrected chi connectivity index (χ1v) is 9.66. The summed E-state index contributed by atoms with van der Waals surface area (Å²) in [5.74, 6) is 0. The van der Waals surface area contributed by atoms with Gasteiger partial charge in [0.25, 0.3) is 0 Å². The van der Waals surface area contributed by atoms with Crippen LogP contribution in [-0.4, -0.2) is 11.9 Å². The van der Waals surface area contributed by atoms with E-state index in [4.69, 9.17) is 11.5 Å². The van der Waals surface area contributed by atoms with Gasteiger partial charge in [-0.15, -0.1) is 0 Å².